The Morgan fingerprint density at radius 3 is 2.45 bits per heavy atom. The molecule has 1 aliphatic heterocycles. The minimum atomic E-state index is -0.537. The van der Waals surface area contributed by atoms with E-state index in [1.807, 2.05) is 0 Å². The number of nitrogens with zero attached hydrogens (tertiary/aromatic N) is 2. The van der Waals surface area contributed by atoms with Crippen LogP contribution in [-0.2, 0) is 6.54 Å². The van der Waals surface area contributed by atoms with Crippen molar-refractivity contribution in [2.75, 3.05) is 0 Å². The quantitative estimate of drug-likeness (QED) is 0.495. The lowest BCUT2D eigenvalue weighted by Gasteiger charge is -2.13. The van der Waals surface area contributed by atoms with Gasteiger partial charge < -0.3 is 0 Å². The number of hydrogen-bond acceptors (Lipinski definition) is 4. The van der Waals surface area contributed by atoms with Gasteiger partial charge in [-0.2, -0.15) is 0 Å². The Kier molecular flexibility index (Phi) is 3.38. The maximum Gasteiger partial charge on any atom is 0.274 e. The number of para-hydroxylation sites is 1. The maximum atomic E-state index is 12.3. The zero-order valence-corrected chi connectivity index (χ0v) is 11.9. The van der Waals surface area contributed by atoms with Crippen molar-refractivity contribution >= 4 is 29.1 Å². The molecule has 0 unspecified atom stereocenters. The molecule has 0 radical (unpaired) electrons. The van der Waals surface area contributed by atoms with Gasteiger partial charge in [0.1, 0.15) is 0 Å². The molecular weight excluding hydrogens is 308 g/mol. The van der Waals surface area contributed by atoms with Crippen LogP contribution in [-0.4, -0.2) is 21.6 Å². The molecule has 110 valence electrons. The highest BCUT2D eigenvalue weighted by Crippen LogP contribution is 2.29. The number of rotatable bonds is 3. The van der Waals surface area contributed by atoms with Crippen molar-refractivity contribution in [3.05, 3.63) is 74.3 Å². The van der Waals surface area contributed by atoms with E-state index < -0.39 is 16.7 Å². The molecule has 0 atom stereocenters. The third kappa shape index (κ3) is 2.23. The number of imide groups is 1. The van der Waals surface area contributed by atoms with E-state index in [1.165, 1.54) is 36.4 Å². The molecule has 2 aromatic rings. The molecule has 0 fully saturated rings. The van der Waals surface area contributed by atoms with E-state index >= 15 is 0 Å². The van der Waals surface area contributed by atoms with Crippen molar-refractivity contribution < 1.29 is 14.5 Å². The Bertz CT molecular complexity index is 819. The van der Waals surface area contributed by atoms with E-state index in [0.717, 1.165) is 4.90 Å². The van der Waals surface area contributed by atoms with Gasteiger partial charge in [-0.15, -0.1) is 0 Å². The average Bonchev–Trinajstić information content (AvgIpc) is 2.72. The summed E-state index contributed by atoms with van der Waals surface area (Å²) in [4.78, 5) is 36.1. The smallest absolute Gasteiger partial charge is 0.270 e. The molecule has 1 aliphatic rings. The monoisotopic (exact) mass is 316 g/mol. The Morgan fingerprint density at radius 2 is 1.73 bits per heavy atom. The van der Waals surface area contributed by atoms with Crippen LogP contribution in [0.3, 0.4) is 0 Å². The van der Waals surface area contributed by atoms with E-state index in [1.54, 1.807) is 6.07 Å². The second kappa shape index (κ2) is 5.23. The van der Waals surface area contributed by atoms with Crippen LogP contribution in [0.25, 0.3) is 0 Å². The summed E-state index contributed by atoms with van der Waals surface area (Å²) in [5.74, 6) is -0.976. The molecule has 2 aromatic carbocycles. The summed E-state index contributed by atoms with van der Waals surface area (Å²) in [5, 5.41) is 11.4. The summed E-state index contributed by atoms with van der Waals surface area (Å²) in [6.45, 7) is -0.152. The van der Waals surface area contributed by atoms with Crippen molar-refractivity contribution in [3.8, 4) is 0 Å². The van der Waals surface area contributed by atoms with Gasteiger partial charge in [0, 0.05) is 16.7 Å². The van der Waals surface area contributed by atoms with Crippen LogP contribution in [0.5, 0.6) is 0 Å². The van der Waals surface area contributed by atoms with Crippen LogP contribution < -0.4 is 0 Å². The largest absolute Gasteiger partial charge is 0.274 e. The lowest BCUT2D eigenvalue weighted by molar-refractivity contribution is -0.385. The minimum absolute atomic E-state index is 0.128. The third-order valence-electron chi connectivity index (χ3n) is 3.45. The summed E-state index contributed by atoms with van der Waals surface area (Å²) < 4.78 is 0. The fraction of sp³-hybridized carbons (Fsp3) is 0.0667. The van der Waals surface area contributed by atoms with Gasteiger partial charge in [-0.05, 0) is 18.2 Å². The lowest BCUT2D eigenvalue weighted by Crippen LogP contribution is -2.29. The number of nitro groups is 1. The molecule has 6 nitrogen and oxygen atoms in total. The molecule has 0 saturated carbocycles. The number of carbonyl (C=O) groups excluding carboxylic acids is 2. The summed E-state index contributed by atoms with van der Waals surface area (Å²) in [6.07, 6.45) is 0. The van der Waals surface area contributed by atoms with Crippen molar-refractivity contribution in [3.63, 3.8) is 0 Å². The van der Waals surface area contributed by atoms with E-state index in [-0.39, 0.29) is 23.4 Å². The Balaban J connectivity index is 1.97. The summed E-state index contributed by atoms with van der Waals surface area (Å²) in [7, 11) is 0. The molecule has 0 N–H and O–H groups in total. The Hall–Kier alpha value is -2.73. The first-order valence-corrected chi connectivity index (χ1v) is 6.75. The standard InChI is InChI=1S/C15H9ClN2O4/c16-10-5-6-11-12(7-10)15(20)17(14(11)19)8-9-3-1-2-4-13(9)18(21)22/h1-7H,8H2. The van der Waals surface area contributed by atoms with Gasteiger partial charge in [0.05, 0.1) is 22.6 Å². The number of nitro benzene ring substituents is 1. The number of carbonyl (C=O) groups is 2. The molecule has 0 bridgehead atoms. The SMILES string of the molecule is O=C1c2ccc(Cl)cc2C(=O)N1Cc1ccccc1[N+](=O)[O-]. The van der Waals surface area contributed by atoms with E-state index in [9.17, 15) is 19.7 Å². The van der Waals surface area contributed by atoms with E-state index in [4.69, 9.17) is 11.6 Å². The molecule has 22 heavy (non-hydrogen) atoms. The van der Waals surface area contributed by atoms with Gasteiger partial charge in [0.2, 0.25) is 0 Å². The van der Waals surface area contributed by atoms with Gasteiger partial charge >= 0.3 is 0 Å². The highest BCUT2D eigenvalue weighted by Gasteiger charge is 2.36. The molecule has 1 heterocycles. The third-order valence-corrected chi connectivity index (χ3v) is 3.68. The van der Waals surface area contributed by atoms with Gasteiger partial charge in [0.15, 0.2) is 0 Å². The topological polar surface area (TPSA) is 80.5 Å². The highest BCUT2D eigenvalue weighted by molar-refractivity contribution is 6.32. The zero-order chi connectivity index (χ0) is 15.9. The number of fused-ring (bicyclic) bond motifs is 1. The predicted molar refractivity (Wildman–Crippen MR) is 78.8 cm³/mol. The van der Waals surface area contributed by atoms with Crippen molar-refractivity contribution in [1.29, 1.82) is 0 Å². The van der Waals surface area contributed by atoms with E-state index in [0.29, 0.717) is 10.6 Å². The van der Waals surface area contributed by atoms with Crippen LogP contribution in [0.1, 0.15) is 26.3 Å². The van der Waals surface area contributed by atoms with E-state index in [2.05, 4.69) is 0 Å². The van der Waals surface area contributed by atoms with Crippen molar-refractivity contribution in [2.45, 2.75) is 6.54 Å². The highest BCUT2D eigenvalue weighted by atomic mass is 35.5. The number of hydrogen-bond donors (Lipinski definition) is 0. The molecule has 2 amide bonds. The number of amides is 2. The van der Waals surface area contributed by atoms with Crippen LogP contribution in [0, 0.1) is 10.1 Å². The first-order valence-electron chi connectivity index (χ1n) is 6.37. The molecule has 3 rings (SSSR count). The fourth-order valence-corrected chi connectivity index (χ4v) is 2.57. The van der Waals surface area contributed by atoms with Crippen molar-refractivity contribution in [1.82, 2.24) is 4.90 Å². The van der Waals surface area contributed by atoms with Gasteiger partial charge in [-0.1, -0.05) is 29.8 Å². The second-order valence-electron chi connectivity index (χ2n) is 4.77. The summed E-state index contributed by atoms with van der Waals surface area (Å²) in [6, 6.07) is 10.5. The van der Waals surface area contributed by atoms with Crippen molar-refractivity contribution in [2.24, 2.45) is 0 Å². The molecule has 0 aliphatic carbocycles. The molecular formula is C15H9ClN2O4. The van der Waals surface area contributed by atoms with Crippen LogP contribution >= 0.6 is 11.6 Å². The van der Waals surface area contributed by atoms with Gasteiger partial charge in [-0.3, -0.25) is 24.6 Å². The number of halogens is 1. The first-order chi connectivity index (χ1) is 10.5. The number of benzene rings is 2. The first kappa shape index (κ1) is 14.2. The minimum Gasteiger partial charge on any atom is -0.270 e. The lowest BCUT2D eigenvalue weighted by atomic mass is 10.1. The second-order valence-corrected chi connectivity index (χ2v) is 5.21. The molecule has 7 heteroatoms. The maximum absolute atomic E-state index is 12.3. The summed E-state index contributed by atoms with van der Waals surface area (Å²) >= 11 is 5.84. The Morgan fingerprint density at radius 1 is 1.05 bits per heavy atom. The van der Waals surface area contributed by atoms with Crippen LogP contribution in [0.15, 0.2) is 42.5 Å². The fourth-order valence-electron chi connectivity index (χ4n) is 2.40. The molecule has 0 spiro atoms. The van der Waals surface area contributed by atoms with Gasteiger partial charge in [-0.25, -0.2) is 0 Å². The zero-order valence-electron chi connectivity index (χ0n) is 11.2. The summed E-state index contributed by atoms with van der Waals surface area (Å²) in [5.41, 5.74) is 0.647. The van der Waals surface area contributed by atoms with Crippen LogP contribution in [0.2, 0.25) is 5.02 Å². The average molecular weight is 317 g/mol. The Labute approximate surface area is 130 Å². The van der Waals surface area contributed by atoms with Gasteiger partial charge in [0.25, 0.3) is 17.5 Å². The molecule has 0 saturated heterocycles. The predicted octanol–water partition coefficient (Wildman–Crippen LogP) is 3.04. The normalized spacial score (nSPS) is 13.4. The van der Waals surface area contributed by atoms with Crippen LogP contribution in [0.4, 0.5) is 5.69 Å². The molecule has 0 aromatic heterocycles.